The molecule has 0 amide bonds. The molecule has 0 bridgehead atoms. The molecule has 4 heteroatoms. The van der Waals surface area contributed by atoms with Crippen molar-refractivity contribution in [1.82, 2.24) is 14.5 Å². The van der Waals surface area contributed by atoms with Crippen LogP contribution in [0, 0.1) is 6.92 Å². The fraction of sp³-hybridized carbons (Fsp3) is 0.385. The molecular formula is C13H17N3O. The summed E-state index contributed by atoms with van der Waals surface area (Å²) in [4.78, 5) is 8.41. The Kier molecular flexibility index (Phi) is 3.54. The highest BCUT2D eigenvalue weighted by Gasteiger charge is 2.09. The van der Waals surface area contributed by atoms with E-state index >= 15 is 0 Å². The number of aliphatic hydroxyl groups is 1. The number of hydrogen-bond acceptors (Lipinski definition) is 3. The van der Waals surface area contributed by atoms with E-state index < -0.39 is 6.10 Å². The number of hydrogen-bond donors (Lipinski definition) is 1. The van der Waals surface area contributed by atoms with Gasteiger partial charge in [-0.15, -0.1) is 0 Å². The third-order valence-electron chi connectivity index (χ3n) is 2.88. The number of rotatable bonds is 4. The minimum absolute atomic E-state index is 0.472. The Morgan fingerprint density at radius 1 is 1.35 bits per heavy atom. The second kappa shape index (κ2) is 5.10. The van der Waals surface area contributed by atoms with E-state index in [9.17, 15) is 5.11 Å². The summed E-state index contributed by atoms with van der Waals surface area (Å²) in [6, 6.07) is 3.84. The van der Waals surface area contributed by atoms with Gasteiger partial charge < -0.3 is 9.67 Å². The van der Waals surface area contributed by atoms with E-state index in [1.165, 1.54) is 0 Å². The van der Waals surface area contributed by atoms with Gasteiger partial charge in [0.25, 0.3) is 0 Å². The molecule has 1 atom stereocenters. The second-order valence-corrected chi connectivity index (χ2v) is 4.24. The largest absolute Gasteiger partial charge is 0.388 e. The molecule has 0 aliphatic rings. The van der Waals surface area contributed by atoms with Crippen molar-refractivity contribution in [3.63, 3.8) is 0 Å². The molecule has 1 N–H and O–H groups in total. The maximum absolute atomic E-state index is 10.0. The van der Waals surface area contributed by atoms with Crippen molar-refractivity contribution in [3.05, 3.63) is 47.8 Å². The fourth-order valence-corrected chi connectivity index (χ4v) is 1.75. The molecule has 0 fully saturated rings. The maximum atomic E-state index is 10.0. The van der Waals surface area contributed by atoms with Crippen LogP contribution >= 0.6 is 0 Å². The molecule has 0 saturated heterocycles. The Morgan fingerprint density at radius 2 is 2.18 bits per heavy atom. The predicted octanol–water partition coefficient (Wildman–Crippen LogP) is 1.79. The summed E-state index contributed by atoms with van der Waals surface area (Å²) < 4.78 is 1.97. The van der Waals surface area contributed by atoms with Crippen LogP contribution in [0.5, 0.6) is 0 Å². The Hall–Kier alpha value is -1.68. The Labute approximate surface area is 101 Å². The number of aryl methyl sites for hydroxylation is 3. The summed E-state index contributed by atoms with van der Waals surface area (Å²) in [5.74, 6) is 0.990. The summed E-state index contributed by atoms with van der Waals surface area (Å²) in [6.45, 7) is 1.93. The standard InChI is InChI=1S/C13H17N3O/c1-10-3-4-11(9-15-10)12(17)5-6-13-14-7-8-16(13)2/h3-4,7-9,12,17H,5-6H2,1-2H3. The number of nitrogens with zero attached hydrogens (tertiary/aromatic N) is 3. The second-order valence-electron chi connectivity index (χ2n) is 4.24. The highest BCUT2D eigenvalue weighted by molar-refractivity contribution is 5.15. The van der Waals surface area contributed by atoms with Crippen LogP contribution in [-0.4, -0.2) is 19.6 Å². The van der Waals surface area contributed by atoms with E-state index in [2.05, 4.69) is 9.97 Å². The van der Waals surface area contributed by atoms with Crippen LogP contribution in [0.1, 0.15) is 29.6 Å². The minimum atomic E-state index is -0.472. The van der Waals surface area contributed by atoms with Gasteiger partial charge >= 0.3 is 0 Å². The molecule has 0 saturated carbocycles. The van der Waals surface area contributed by atoms with Crippen molar-refractivity contribution < 1.29 is 5.11 Å². The normalized spacial score (nSPS) is 12.6. The molecule has 90 valence electrons. The van der Waals surface area contributed by atoms with E-state index in [4.69, 9.17) is 0 Å². The summed E-state index contributed by atoms with van der Waals surface area (Å²) in [5.41, 5.74) is 1.83. The monoisotopic (exact) mass is 231 g/mol. The van der Waals surface area contributed by atoms with Crippen LogP contribution < -0.4 is 0 Å². The van der Waals surface area contributed by atoms with E-state index in [1.54, 1.807) is 12.4 Å². The first-order chi connectivity index (χ1) is 8.16. The Balaban J connectivity index is 1.95. The molecule has 0 spiro atoms. The average molecular weight is 231 g/mol. The topological polar surface area (TPSA) is 50.9 Å². The predicted molar refractivity (Wildman–Crippen MR) is 65.5 cm³/mol. The minimum Gasteiger partial charge on any atom is -0.388 e. The van der Waals surface area contributed by atoms with Crippen LogP contribution in [0.25, 0.3) is 0 Å². The summed E-state index contributed by atoms with van der Waals surface area (Å²) in [5, 5.41) is 10.0. The molecule has 2 rings (SSSR count). The average Bonchev–Trinajstić information content (AvgIpc) is 2.73. The lowest BCUT2D eigenvalue weighted by Gasteiger charge is -2.10. The molecule has 4 nitrogen and oxygen atoms in total. The third-order valence-corrected chi connectivity index (χ3v) is 2.88. The smallest absolute Gasteiger partial charge is 0.108 e. The van der Waals surface area contributed by atoms with Crippen molar-refractivity contribution in [2.45, 2.75) is 25.9 Å². The van der Waals surface area contributed by atoms with Crippen molar-refractivity contribution >= 4 is 0 Å². The molecular weight excluding hydrogens is 214 g/mol. The highest BCUT2D eigenvalue weighted by Crippen LogP contribution is 2.17. The lowest BCUT2D eigenvalue weighted by molar-refractivity contribution is 0.166. The van der Waals surface area contributed by atoms with Gasteiger partial charge in [-0.2, -0.15) is 0 Å². The third kappa shape index (κ3) is 2.91. The first kappa shape index (κ1) is 11.8. The molecule has 1 unspecified atom stereocenters. The number of aliphatic hydroxyl groups excluding tert-OH is 1. The first-order valence-corrected chi connectivity index (χ1v) is 5.73. The van der Waals surface area contributed by atoms with Gasteiger partial charge in [-0.3, -0.25) is 4.98 Å². The molecule has 17 heavy (non-hydrogen) atoms. The molecule has 0 aliphatic carbocycles. The van der Waals surface area contributed by atoms with Crippen molar-refractivity contribution in [2.75, 3.05) is 0 Å². The Morgan fingerprint density at radius 3 is 2.76 bits per heavy atom. The lowest BCUT2D eigenvalue weighted by atomic mass is 10.1. The summed E-state index contributed by atoms with van der Waals surface area (Å²) in [6.07, 6.45) is 6.37. The first-order valence-electron chi connectivity index (χ1n) is 5.73. The van der Waals surface area contributed by atoms with Gasteiger partial charge in [-0.25, -0.2) is 4.98 Å². The fourth-order valence-electron chi connectivity index (χ4n) is 1.75. The van der Waals surface area contributed by atoms with E-state index in [0.29, 0.717) is 6.42 Å². The number of pyridine rings is 1. The molecule has 0 aromatic carbocycles. The van der Waals surface area contributed by atoms with Crippen LogP contribution in [0.2, 0.25) is 0 Å². The molecule has 0 radical (unpaired) electrons. The van der Waals surface area contributed by atoms with Gasteiger partial charge in [0.15, 0.2) is 0 Å². The zero-order valence-electron chi connectivity index (χ0n) is 10.2. The lowest BCUT2D eigenvalue weighted by Crippen LogP contribution is -2.04. The molecule has 2 heterocycles. The Bertz CT molecular complexity index is 476. The van der Waals surface area contributed by atoms with E-state index in [0.717, 1.165) is 23.5 Å². The zero-order chi connectivity index (χ0) is 12.3. The van der Waals surface area contributed by atoms with Crippen molar-refractivity contribution in [1.29, 1.82) is 0 Å². The van der Waals surface area contributed by atoms with Crippen molar-refractivity contribution in [3.8, 4) is 0 Å². The quantitative estimate of drug-likeness (QED) is 0.872. The van der Waals surface area contributed by atoms with Gasteiger partial charge in [0.05, 0.1) is 6.10 Å². The van der Waals surface area contributed by atoms with Crippen LogP contribution in [0.4, 0.5) is 0 Å². The van der Waals surface area contributed by atoms with Crippen molar-refractivity contribution in [2.24, 2.45) is 7.05 Å². The van der Waals surface area contributed by atoms with E-state index in [-0.39, 0.29) is 0 Å². The van der Waals surface area contributed by atoms with Crippen LogP contribution in [-0.2, 0) is 13.5 Å². The van der Waals surface area contributed by atoms with Gasteiger partial charge in [-0.1, -0.05) is 6.07 Å². The number of imidazole rings is 1. The van der Waals surface area contributed by atoms with Crippen LogP contribution in [0.15, 0.2) is 30.7 Å². The highest BCUT2D eigenvalue weighted by atomic mass is 16.3. The molecule has 0 aliphatic heterocycles. The SMILES string of the molecule is Cc1ccc(C(O)CCc2nccn2C)cn1. The molecule has 2 aromatic heterocycles. The summed E-state index contributed by atoms with van der Waals surface area (Å²) in [7, 11) is 1.96. The van der Waals surface area contributed by atoms with E-state index in [1.807, 2.05) is 36.9 Å². The zero-order valence-corrected chi connectivity index (χ0v) is 10.2. The van der Waals surface area contributed by atoms with Crippen LogP contribution in [0.3, 0.4) is 0 Å². The van der Waals surface area contributed by atoms with Gasteiger partial charge in [-0.05, 0) is 25.0 Å². The van der Waals surface area contributed by atoms with Gasteiger partial charge in [0, 0.05) is 37.8 Å². The van der Waals surface area contributed by atoms with Gasteiger partial charge in [0.1, 0.15) is 5.82 Å². The maximum Gasteiger partial charge on any atom is 0.108 e. The summed E-state index contributed by atoms with van der Waals surface area (Å²) >= 11 is 0. The number of aromatic nitrogens is 3. The van der Waals surface area contributed by atoms with Gasteiger partial charge in [0.2, 0.25) is 0 Å². The molecule has 2 aromatic rings.